The number of hydrogen-bond donors (Lipinski definition) is 2. The fourth-order valence-corrected chi connectivity index (χ4v) is 2.73. The van der Waals surface area contributed by atoms with E-state index in [4.69, 9.17) is 4.98 Å². The summed E-state index contributed by atoms with van der Waals surface area (Å²) in [5.74, 6) is 1.17. The summed E-state index contributed by atoms with van der Waals surface area (Å²) in [5, 5.41) is 3.38. The summed E-state index contributed by atoms with van der Waals surface area (Å²) < 4.78 is 0. The molecule has 0 bridgehead atoms. The van der Waals surface area contributed by atoms with Gasteiger partial charge < -0.3 is 20.1 Å². The van der Waals surface area contributed by atoms with Crippen molar-refractivity contribution in [2.45, 2.75) is 19.4 Å². The molecule has 0 atom stereocenters. The highest BCUT2D eigenvalue weighted by Gasteiger charge is 2.16. The van der Waals surface area contributed by atoms with Gasteiger partial charge in [-0.25, -0.2) is 4.98 Å². The van der Waals surface area contributed by atoms with E-state index in [1.54, 1.807) is 0 Å². The SMILES string of the molecule is CN1CCN(CCc2nc3c([nH]2)CNCC3)CC1. The molecule has 3 heterocycles. The molecule has 3 rings (SSSR count). The second-order valence-electron chi connectivity index (χ2n) is 5.43. The minimum absolute atomic E-state index is 0.955. The zero-order chi connectivity index (χ0) is 12.4. The number of fused-ring (bicyclic) bond motifs is 1. The van der Waals surface area contributed by atoms with Gasteiger partial charge in [-0.05, 0) is 7.05 Å². The number of H-pyrrole nitrogens is 1. The Hall–Kier alpha value is -0.910. The predicted molar refractivity (Wildman–Crippen MR) is 71.6 cm³/mol. The summed E-state index contributed by atoms with van der Waals surface area (Å²) in [4.78, 5) is 13.1. The van der Waals surface area contributed by atoms with Gasteiger partial charge in [0.1, 0.15) is 5.82 Å². The highest BCUT2D eigenvalue weighted by molar-refractivity contribution is 5.17. The lowest BCUT2D eigenvalue weighted by atomic mass is 10.2. The van der Waals surface area contributed by atoms with Crippen molar-refractivity contribution >= 4 is 0 Å². The minimum Gasteiger partial charge on any atom is -0.345 e. The van der Waals surface area contributed by atoms with Gasteiger partial charge in [0.2, 0.25) is 0 Å². The smallest absolute Gasteiger partial charge is 0.107 e. The zero-order valence-electron chi connectivity index (χ0n) is 11.2. The molecule has 1 aromatic rings. The number of nitrogens with one attached hydrogen (secondary N) is 2. The second-order valence-corrected chi connectivity index (χ2v) is 5.43. The summed E-state index contributed by atoms with van der Waals surface area (Å²) in [6, 6.07) is 0. The molecule has 1 fully saturated rings. The Labute approximate surface area is 109 Å². The van der Waals surface area contributed by atoms with E-state index < -0.39 is 0 Å². The van der Waals surface area contributed by atoms with Gasteiger partial charge >= 0.3 is 0 Å². The quantitative estimate of drug-likeness (QED) is 0.782. The van der Waals surface area contributed by atoms with Crippen LogP contribution in [0.1, 0.15) is 17.2 Å². The van der Waals surface area contributed by atoms with E-state index >= 15 is 0 Å². The summed E-state index contributed by atoms with van der Waals surface area (Å²) in [5.41, 5.74) is 2.58. The van der Waals surface area contributed by atoms with Gasteiger partial charge in [-0.3, -0.25) is 0 Å². The van der Waals surface area contributed by atoms with E-state index in [2.05, 4.69) is 27.1 Å². The minimum atomic E-state index is 0.955. The molecule has 0 amide bonds. The maximum Gasteiger partial charge on any atom is 0.107 e. The van der Waals surface area contributed by atoms with Crippen LogP contribution in [-0.2, 0) is 19.4 Å². The molecule has 2 N–H and O–H groups in total. The van der Waals surface area contributed by atoms with Crippen molar-refractivity contribution in [3.63, 3.8) is 0 Å². The third-order valence-corrected chi connectivity index (χ3v) is 4.01. The van der Waals surface area contributed by atoms with Crippen molar-refractivity contribution in [2.75, 3.05) is 46.3 Å². The van der Waals surface area contributed by atoms with E-state index in [0.29, 0.717) is 0 Å². The van der Waals surface area contributed by atoms with Crippen LogP contribution in [0.3, 0.4) is 0 Å². The first-order chi connectivity index (χ1) is 8.81. The number of aromatic amines is 1. The number of rotatable bonds is 3. The molecule has 2 aliphatic rings. The lowest BCUT2D eigenvalue weighted by molar-refractivity contribution is 0.155. The van der Waals surface area contributed by atoms with Gasteiger partial charge in [-0.1, -0.05) is 0 Å². The Morgan fingerprint density at radius 3 is 2.83 bits per heavy atom. The largest absolute Gasteiger partial charge is 0.345 e. The fourth-order valence-electron chi connectivity index (χ4n) is 2.73. The first kappa shape index (κ1) is 12.1. The first-order valence-electron chi connectivity index (χ1n) is 6.99. The van der Waals surface area contributed by atoms with Crippen molar-refractivity contribution in [1.29, 1.82) is 0 Å². The van der Waals surface area contributed by atoms with Crippen molar-refractivity contribution in [1.82, 2.24) is 25.1 Å². The van der Waals surface area contributed by atoms with Gasteiger partial charge in [-0.2, -0.15) is 0 Å². The monoisotopic (exact) mass is 249 g/mol. The number of nitrogens with zero attached hydrogens (tertiary/aromatic N) is 3. The Bertz CT molecular complexity index is 369. The van der Waals surface area contributed by atoms with Crippen LogP contribution in [0, 0.1) is 0 Å². The third-order valence-electron chi connectivity index (χ3n) is 4.01. The molecular formula is C13H23N5. The van der Waals surface area contributed by atoms with E-state index in [0.717, 1.165) is 32.5 Å². The molecule has 1 aromatic heterocycles. The lowest BCUT2D eigenvalue weighted by Gasteiger charge is -2.32. The van der Waals surface area contributed by atoms with E-state index in [1.807, 2.05) is 0 Å². The lowest BCUT2D eigenvalue weighted by Crippen LogP contribution is -2.45. The second kappa shape index (κ2) is 5.38. The molecule has 0 aliphatic carbocycles. The maximum absolute atomic E-state index is 4.72. The van der Waals surface area contributed by atoms with Gasteiger partial charge in [0, 0.05) is 58.7 Å². The number of aromatic nitrogens is 2. The molecule has 0 saturated carbocycles. The van der Waals surface area contributed by atoms with Crippen LogP contribution in [0.25, 0.3) is 0 Å². The zero-order valence-corrected chi connectivity index (χ0v) is 11.2. The van der Waals surface area contributed by atoms with Crippen LogP contribution in [0.5, 0.6) is 0 Å². The van der Waals surface area contributed by atoms with Crippen LogP contribution in [-0.4, -0.2) is 66.1 Å². The Kier molecular flexibility index (Phi) is 3.63. The molecule has 0 aromatic carbocycles. The summed E-state index contributed by atoms with van der Waals surface area (Å²) >= 11 is 0. The molecule has 18 heavy (non-hydrogen) atoms. The van der Waals surface area contributed by atoms with Crippen LogP contribution in [0.4, 0.5) is 0 Å². The fraction of sp³-hybridized carbons (Fsp3) is 0.769. The summed E-state index contributed by atoms with van der Waals surface area (Å²) in [6.07, 6.45) is 2.12. The third kappa shape index (κ3) is 2.74. The average Bonchev–Trinajstić information content (AvgIpc) is 2.81. The molecule has 100 valence electrons. The first-order valence-corrected chi connectivity index (χ1v) is 6.99. The number of imidazole rings is 1. The van der Waals surface area contributed by atoms with Gasteiger partial charge in [0.05, 0.1) is 11.4 Å². The van der Waals surface area contributed by atoms with E-state index in [1.165, 1.54) is 43.4 Å². The van der Waals surface area contributed by atoms with Crippen molar-refractivity contribution < 1.29 is 0 Å². The van der Waals surface area contributed by atoms with Gasteiger partial charge in [0.15, 0.2) is 0 Å². The predicted octanol–water partition coefficient (Wildman–Crippen LogP) is -0.155. The van der Waals surface area contributed by atoms with Gasteiger partial charge in [0.25, 0.3) is 0 Å². The molecule has 0 unspecified atom stereocenters. The van der Waals surface area contributed by atoms with Crippen LogP contribution < -0.4 is 5.32 Å². The molecule has 0 radical (unpaired) electrons. The van der Waals surface area contributed by atoms with Crippen LogP contribution >= 0.6 is 0 Å². The highest BCUT2D eigenvalue weighted by atomic mass is 15.2. The van der Waals surface area contributed by atoms with Crippen molar-refractivity contribution in [2.24, 2.45) is 0 Å². The molecule has 0 spiro atoms. The molecule has 5 heteroatoms. The van der Waals surface area contributed by atoms with Crippen LogP contribution in [0.2, 0.25) is 0 Å². The molecular weight excluding hydrogens is 226 g/mol. The van der Waals surface area contributed by atoms with Crippen molar-refractivity contribution in [3.8, 4) is 0 Å². The average molecular weight is 249 g/mol. The molecule has 5 nitrogen and oxygen atoms in total. The number of hydrogen-bond acceptors (Lipinski definition) is 4. The Morgan fingerprint density at radius 1 is 1.22 bits per heavy atom. The topological polar surface area (TPSA) is 47.2 Å². The number of piperazine rings is 1. The van der Waals surface area contributed by atoms with Crippen molar-refractivity contribution in [3.05, 3.63) is 17.2 Å². The van der Waals surface area contributed by atoms with E-state index in [9.17, 15) is 0 Å². The van der Waals surface area contributed by atoms with Gasteiger partial charge in [-0.15, -0.1) is 0 Å². The standard InChI is InChI=1S/C13H23N5/c1-17-6-8-18(9-7-17)5-3-13-15-11-2-4-14-10-12(11)16-13/h14H,2-10H2,1H3,(H,15,16). The normalized spacial score (nSPS) is 22.1. The molecule has 2 aliphatic heterocycles. The summed E-state index contributed by atoms with van der Waals surface area (Å²) in [7, 11) is 2.20. The molecule has 1 saturated heterocycles. The summed E-state index contributed by atoms with van der Waals surface area (Å²) in [6.45, 7) is 7.92. The van der Waals surface area contributed by atoms with E-state index in [-0.39, 0.29) is 0 Å². The maximum atomic E-state index is 4.72. The van der Waals surface area contributed by atoms with Crippen LogP contribution in [0.15, 0.2) is 0 Å². The highest BCUT2D eigenvalue weighted by Crippen LogP contribution is 2.11. The number of likely N-dealkylation sites (N-methyl/N-ethyl adjacent to an activating group) is 1. The Morgan fingerprint density at radius 2 is 2.06 bits per heavy atom. The Balaban J connectivity index is 1.52.